The number of thiophene rings is 1. The molecule has 0 fully saturated rings. The molecule has 3 N–H and O–H groups in total. The van der Waals surface area contributed by atoms with Gasteiger partial charge < -0.3 is 15.6 Å². The van der Waals surface area contributed by atoms with E-state index in [2.05, 4.69) is 61.5 Å². The van der Waals surface area contributed by atoms with Crippen molar-refractivity contribution in [3.8, 4) is 11.3 Å². The summed E-state index contributed by atoms with van der Waals surface area (Å²) in [5.41, 5.74) is 3.51. The molecule has 0 radical (unpaired) electrons. The molecular weight excluding hydrogens is 457 g/mol. The molecule has 2 heterocycles. The van der Waals surface area contributed by atoms with Crippen molar-refractivity contribution in [2.75, 3.05) is 13.6 Å². The highest BCUT2D eigenvalue weighted by Gasteiger charge is 2.08. The van der Waals surface area contributed by atoms with Crippen molar-refractivity contribution in [1.29, 1.82) is 0 Å². The molecule has 0 spiro atoms. The van der Waals surface area contributed by atoms with Gasteiger partial charge in [-0.25, -0.2) is 4.98 Å². The summed E-state index contributed by atoms with van der Waals surface area (Å²) < 4.78 is 0. The molecule has 26 heavy (non-hydrogen) atoms. The fourth-order valence-corrected chi connectivity index (χ4v) is 3.31. The van der Waals surface area contributed by atoms with E-state index in [9.17, 15) is 0 Å². The van der Waals surface area contributed by atoms with E-state index >= 15 is 0 Å². The molecule has 3 rings (SSSR count). The van der Waals surface area contributed by atoms with Crippen LogP contribution < -0.4 is 10.6 Å². The molecule has 7 heteroatoms. The van der Waals surface area contributed by atoms with Crippen LogP contribution in [0.4, 0.5) is 0 Å². The zero-order chi connectivity index (χ0) is 17.5. The van der Waals surface area contributed by atoms with Crippen molar-refractivity contribution in [2.45, 2.75) is 19.4 Å². The first-order valence-corrected chi connectivity index (χ1v) is 9.26. The van der Waals surface area contributed by atoms with Crippen LogP contribution in [-0.2, 0) is 6.54 Å². The molecule has 1 unspecified atom stereocenters. The molecule has 0 aliphatic heterocycles. The number of hydrogen-bond acceptors (Lipinski definition) is 3. The predicted molar refractivity (Wildman–Crippen MR) is 120 cm³/mol. The fourth-order valence-electron chi connectivity index (χ4n) is 2.53. The van der Waals surface area contributed by atoms with Crippen LogP contribution >= 0.6 is 35.3 Å². The summed E-state index contributed by atoms with van der Waals surface area (Å²) >= 11 is 1.73. The number of halogens is 1. The van der Waals surface area contributed by atoms with Gasteiger partial charge in [0, 0.05) is 13.6 Å². The first kappa shape index (κ1) is 20.4. The second-order valence-electron chi connectivity index (χ2n) is 5.87. The van der Waals surface area contributed by atoms with E-state index in [0.717, 1.165) is 29.6 Å². The quantitative estimate of drug-likeness (QED) is 0.281. The van der Waals surface area contributed by atoms with E-state index < -0.39 is 0 Å². The maximum Gasteiger partial charge on any atom is 0.191 e. The monoisotopic (exact) mass is 481 g/mol. The lowest BCUT2D eigenvalue weighted by Gasteiger charge is -2.15. The van der Waals surface area contributed by atoms with Crippen LogP contribution in [0.25, 0.3) is 11.3 Å². The third kappa shape index (κ3) is 5.57. The van der Waals surface area contributed by atoms with Gasteiger partial charge in [-0.05, 0) is 33.9 Å². The molecule has 1 aromatic carbocycles. The van der Waals surface area contributed by atoms with Crippen molar-refractivity contribution in [3.05, 3.63) is 64.7 Å². The van der Waals surface area contributed by atoms with Crippen LogP contribution in [0.2, 0.25) is 0 Å². The van der Waals surface area contributed by atoms with Gasteiger partial charge in [-0.2, -0.15) is 11.3 Å². The maximum absolute atomic E-state index is 4.44. The van der Waals surface area contributed by atoms with Crippen LogP contribution in [-0.4, -0.2) is 29.5 Å². The summed E-state index contributed by atoms with van der Waals surface area (Å²) in [6, 6.07) is 12.4. The lowest BCUT2D eigenvalue weighted by Crippen LogP contribution is -2.38. The van der Waals surface area contributed by atoms with Crippen molar-refractivity contribution in [3.63, 3.8) is 0 Å². The number of hydrogen-bond donors (Lipinski definition) is 3. The lowest BCUT2D eigenvalue weighted by molar-refractivity contribution is 0.696. The largest absolute Gasteiger partial charge is 0.356 e. The molecular formula is C19H24IN5S. The molecule has 138 valence electrons. The third-order valence-corrected chi connectivity index (χ3v) is 4.75. The first-order valence-electron chi connectivity index (χ1n) is 8.32. The average molecular weight is 481 g/mol. The van der Waals surface area contributed by atoms with Crippen LogP contribution in [0.1, 0.15) is 24.2 Å². The number of benzene rings is 1. The zero-order valence-corrected chi connectivity index (χ0v) is 18.0. The van der Waals surface area contributed by atoms with Gasteiger partial charge in [0.25, 0.3) is 0 Å². The number of H-pyrrole nitrogens is 1. The van der Waals surface area contributed by atoms with Gasteiger partial charge in [-0.15, -0.1) is 24.0 Å². The highest BCUT2D eigenvalue weighted by molar-refractivity contribution is 14.0. The molecule has 0 saturated heterocycles. The topological polar surface area (TPSA) is 65.1 Å². The smallest absolute Gasteiger partial charge is 0.191 e. The van der Waals surface area contributed by atoms with Crippen molar-refractivity contribution in [1.82, 2.24) is 20.6 Å². The van der Waals surface area contributed by atoms with Gasteiger partial charge in [0.1, 0.15) is 5.82 Å². The van der Waals surface area contributed by atoms with Crippen LogP contribution in [0.15, 0.2) is 58.3 Å². The summed E-state index contributed by atoms with van der Waals surface area (Å²) in [6.45, 7) is 3.64. The number of nitrogens with zero attached hydrogens (tertiary/aromatic N) is 2. The molecule has 0 aliphatic carbocycles. The van der Waals surface area contributed by atoms with Crippen LogP contribution in [0.3, 0.4) is 0 Å². The summed E-state index contributed by atoms with van der Waals surface area (Å²) in [4.78, 5) is 12.1. The Morgan fingerprint density at radius 2 is 2.04 bits per heavy atom. The van der Waals surface area contributed by atoms with E-state index in [0.29, 0.717) is 12.5 Å². The minimum absolute atomic E-state index is 0. The molecule has 2 aromatic heterocycles. The standard InChI is InChI=1S/C19H23N5S.HI/c1-14(16-8-9-25-13-16)10-22-19(20-2)23-12-18-21-11-17(24-18)15-6-4-3-5-7-15;/h3-9,11,13-14H,10,12H2,1-2H3,(H,21,24)(H2,20,22,23);1H. The summed E-state index contributed by atoms with van der Waals surface area (Å²) in [7, 11) is 1.78. The number of aliphatic imine (C=N–C) groups is 1. The Balaban J connectivity index is 0.00000243. The Kier molecular flexibility index (Phi) is 8.11. The Labute approximate surface area is 175 Å². The predicted octanol–water partition coefficient (Wildman–Crippen LogP) is 4.22. The number of aromatic nitrogens is 2. The van der Waals surface area contributed by atoms with Crippen molar-refractivity contribution < 1.29 is 0 Å². The molecule has 1 atom stereocenters. The number of rotatable bonds is 6. The van der Waals surface area contributed by atoms with E-state index in [1.807, 2.05) is 24.4 Å². The highest BCUT2D eigenvalue weighted by atomic mass is 127. The molecule has 0 amide bonds. The van der Waals surface area contributed by atoms with Gasteiger partial charge in [-0.1, -0.05) is 37.3 Å². The van der Waals surface area contributed by atoms with Gasteiger partial charge >= 0.3 is 0 Å². The number of aromatic amines is 1. The summed E-state index contributed by atoms with van der Waals surface area (Å²) in [5.74, 6) is 2.10. The van der Waals surface area contributed by atoms with Gasteiger partial charge in [0.15, 0.2) is 5.96 Å². The summed E-state index contributed by atoms with van der Waals surface area (Å²) in [6.07, 6.45) is 1.86. The highest BCUT2D eigenvalue weighted by Crippen LogP contribution is 2.17. The SMILES string of the molecule is CN=C(NCc1ncc(-c2ccccc2)[nH]1)NCC(C)c1ccsc1.I. The molecule has 0 bridgehead atoms. The number of nitrogens with one attached hydrogen (secondary N) is 3. The third-order valence-electron chi connectivity index (χ3n) is 4.05. The Morgan fingerprint density at radius 3 is 2.73 bits per heavy atom. The molecule has 5 nitrogen and oxygen atoms in total. The van der Waals surface area contributed by atoms with Crippen LogP contribution in [0.5, 0.6) is 0 Å². The second-order valence-corrected chi connectivity index (χ2v) is 6.65. The van der Waals surface area contributed by atoms with Gasteiger partial charge in [-0.3, -0.25) is 4.99 Å². The molecule has 0 aliphatic rings. The first-order chi connectivity index (χ1) is 12.3. The van der Waals surface area contributed by atoms with E-state index in [1.165, 1.54) is 5.56 Å². The Bertz CT molecular complexity index is 798. The Morgan fingerprint density at radius 1 is 1.23 bits per heavy atom. The maximum atomic E-state index is 4.44. The Hall–Kier alpha value is -1.87. The lowest BCUT2D eigenvalue weighted by atomic mass is 10.1. The zero-order valence-electron chi connectivity index (χ0n) is 14.9. The number of imidazole rings is 1. The normalized spacial score (nSPS) is 12.3. The average Bonchev–Trinajstić information content (AvgIpc) is 3.34. The van der Waals surface area contributed by atoms with Crippen LogP contribution in [0, 0.1) is 0 Å². The van der Waals surface area contributed by atoms with E-state index in [-0.39, 0.29) is 24.0 Å². The van der Waals surface area contributed by atoms with Crippen molar-refractivity contribution in [2.24, 2.45) is 4.99 Å². The molecule has 3 aromatic rings. The molecule has 0 saturated carbocycles. The van der Waals surface area contributed by atoms with Gasteiger partial charge in [0.2, 0.25) is 0 Å². The minimum Gasteiger partial charge on any atom is -0.356 e. The van der Waals surface area contributed by atoms with E-state index in [1.54, 1.807) is 18.4 Å². The van der Waals surface area contributed by atoms with E-state index in [4.69, 9.17) is 0 Å². The second kappa shape index (κ2) is 10.3. The van der Waals surface area contributed by atoms with Gasteiger partial charge in [0.05, 0.1) is 18.4 Å². The minimum atomic E-state index is 0. The van der Waals surface area contributed by atoms with Crippen molar-refractivity contribution >= 4 is 41.3 Å². The summed E-state index contributed by atoms with van der Waals surface area (Å²) in [5, 5.41) is 11.0. The fraction of sp³-hybridized carbons (Fsp3) is 0.263. The number of guanidine groups is 1.